The van der Waals surface area contributed by atoms with Gasteiger partial charge >= 0.3 is 0 Å². The van der Waals surface area contributed by atoms with Gasteiger partial charge in [-0.3, -0.25) is 0 Å². The number of nitrogens with one attached hydrogen (secondary N) is 1. The third-order valence-electron chi connectivity index (χ3n) is 3.48. The number of hydrogen-bond acceptors (Lipinski definition) is 1. The molecule has 0 aromatic heterocycles. The minimum atomic E-state index is -0.423. The van der Waals surface area contributed by atoms with E-state index in [-0.39, 0.29) is 0 Å². The van der Waals surface area contributed by atoms with Crippen LogP contribution in [-0.4, -0.2) is 12.6 Å². The summed E-state index contributed by atoms with van der Waals surface area (Å²) in [4.78, 5) is 0. The monoisotopic (exact) mass is 289 g/mol. The van der Waals surface area contributed by atoms with Gasteiger partial charge in [0.05, 0.1) is 0 Å². The van der Waals surface area contributed by atoms with Gasteiger partial charge in [0.1, 0.15) is 11.6 Å². The van der Waals surface area contributed by atoms with E-state index in [0.717, 1.165) is 31.5 Å². The van der Waals surface area contributed by atoms with Gasteiger partial charge in [-0.05, 0) is 55.6 Å². The van der Waals surface area contributed by atoms with Gasteiger partial charge in [0, 0.05) is 11.6 Å². The van der Waals surface area contributed by atoms with Crippen molar-refractivity contribution < 1.29 is 8.78 Å². The zero-order valence-corrected chi connectivity index (χ0v) is 12.5. The van der Waals surface area contributed by atoms with Crippen LogP contribution in [0.2, 0.25) is 0 Å². The van der Waals surface area contributed by atoms with Crippen molar-refractivity contribution in [3.63, 3.8) is 0 Å². The lowest BCUT2D eigenvalue weighted by molar-refractivity contribution is 0.543. The summed E-state index contributed by atoms with van der Waals surface area (Å²) in [5.74, 6) is -0.824. The molecule has 3 heteroatoms. The molecular weight excluding hydrogens is 268 g/mol. The van der Waals surface area contributed by atoms with Gasteiger partial charge in [-0.1, -0.05) is 31.2 Å². The lowest BCUT2D eigenvalue weighted by Crippen LogP contribution is -2.28. The van der Waals surface area contributed by atoms with E-state index < -0.39 is 11.6 Å². The van der Waals surface area contributed by atoms with Crippen LogP contribution in [0.4, 0.5) is 8.78 Å². The lowest BCUT2D eigenvalue weighted by atomic mass is 10.0. The zero-order chi connectivity index (χ0) is 15.2. The Hall–Kier alpha value is -1.74. The predicted molar refractivity (Wildman–Crippen MR) is 83.3 cm³/mol. The van der Waals surface area contributed by atoms with Crippen molar-refractivity contribution in [2.45, 2.75) is 32.7 Å². The molecule has 0 heterocycles. The predicted octanol–water partition coefficient (Wildman–Crippen LogP) is 4.56. The molecule has 2 aromatic rings. The van der Waals surface area contributed by atoms with Crippen LogP contribution < -0.4 is 5.32 Å². The van der Waals surface area contributed by atoms with E-state index in [4.69, 9.17) is 0 Å². The molecule has 1 unspecified atom stereocenters. The summed E-state index contributed by atoms with van der Waals surface area (Å²) in [7, 11) is 0. The van der Waals surface area contributed by atoms with Crippen molar-refractivity contribution in [2.24, 2.45) is 0 Å². The van der Waals surface area contributed by atoms with Crippen LogP contribution in [0, 0.1) is 11.6 Å². The Balaban J connectivity index is 2.10. The number of rotatable bonds is 6. The van der Waals surface area contributed by atoms with Crippen LogP contribution in [0.15, 0.2) is 42.5 Å². The van der Waals surface area contributed by atoms with Crippen LogP contribution in [0.25, 0.3) is 11.1 Å². The summed E-state index contributed by atoms with van der Waals surface area (Å²) in [5, 5.41) is 3.43. The van der Waals surface area contributed by atoms with Crippen LogP contribution in [0.1, 0.15) is 25.8 Å². The Bertz CT molecular complexity index is 578. The van der Waals surface area contributed by atoms with Crippen molar-refractivity contribution >= 4 is 0 Å². The maximum atomic E-state index is 13.7. The number of benzene rings is 2. The molecule has 0 bridgehead atoms. The maximum Gasteiger partial charge on any atom is 0.131 e. The first-order valence-electron chi connectivity index (χ1n) is 7.38. The molecule has 0 aliphatic heterocycles. The van der Waals surface area contributed by atoms with Gasteiger partial charge in [0.25, 0.3) is 0 Å². The molecule has 0 fully saturated rings. The fourth-order valence-electron chi connectivity index (χ4n) is 2.36. The Labute approximate surface area is 125 Å². The highest BCUT2D eigenvalue weighted by atomic mass is 19.1. The second kappa shape index (κ2) is 7.32. The second-order valence-corrected chi connectivity index (χ2v) is 5.38. The highest BCUT2D eigenvalue weighted by Gasteiger charge is 2.07. The fourth-order valence-corrected chi connectivity index (χ4v) is 2.36. The average Bonchev–Trinajstić information content (AvgIpc) is 2.48. The van der Waals surface area contributed by atoms with Crippen molar-refractivity contribution in [3.8, 4) is 11.1 Å². The van der Waals surface area contributed by atoms with E-state index in [1.54, 1.807) is 0 Å². The van der Waals surface area contributed by atoms with Gasteiger partial charge in [-0.2, -0.15) is 0 Å². The molecule has 21 heavy (non-hydrogen) atoms. The minimum Gasteiger partial charge on any atom is -0.314 e. The molecule has 0 saturated heterocycles. The van der Waals surface area contributed by atoms with Crippen molar-refractivity contribution in [1.82, 2.24) is 5.32 Å². The van der Waals surface area contributed by atoms with Crippen molar-refractivity contribution in [3.05, 3.63) is 59.7 Å². The van der Waals surface area contributed by atoms with Gasteiger partial charge < -0.3 is 5.32 Å². The Kier molecular flexibility index (Phi) is 5.45. The largest absolute Gasteiger partial charge is 0.314 e. The summed E-state index contributed by atoms with van der Waals surface area (Å²) < 4.78 is 27.0. The SMILES string of the molecule is CCCNC(C)Cc1ccc(-c2cc(F)ccc2F)cc1. The van der Waals surface area contributed by atoms with Crippen LogP contribution >= 0.6 is 0 Å². The molecule has 0 saturated carbocycles. The van der Waals surface area contributed by atoms with Gasteiger partial charge in [0.2, 0.25) is 0 Å². The van der Waals surface area contributed by atoms with Gasteiger partial charge in [-0.25, -0.2) is 8.78 Å². The molecular formula is C18H21F2N. The summed E-state index contributed by atoms with van der Waals surface area (Å²) in [6, 6.07) is 11.6. The summed E-state index contributed by atoms with van der Waals surface area (Å²) in [5.41, 5.74) is 2.19. The Morgan fingerprint density at radius 3 is 2.43 bits per heavy atom. The van der Waals surface area contributed by atoms with Crippen LogP contribution in [0.3, 0.4) is 0 Å². The Morgan fingerprint density at radius 2 is 1.76 bits per heavy atom. The van der Waals surface area contributed by atoms with E-state index in [9.17, 15) is 8.78 Å². The molecule has 0 amide bonds. The number of halogens is 2. The fraction of sp³-hybridized carbons (Fsp3) is 0.333. The zero-order valence-electron chi connectivity index (χ0n) is 12.5. The maximum absolute atomic E-state index is 13.7. The van der Waals surface area contributed by atoms with Crippen molar-refractivity contribution in [2.75, 3.05) is 6.54 Å². The smallest absolute Gasteiger partial charge is 0.131 e. The topological polar surface area (TPSA) is 12.0 Å². The van der Waals surface area contributed by atoms with Crippen molar-refractivity contribution in [1.29, 1.82) is 0 Å². The van der Waals surface area contributed by atoms with E-state index in [1.165, 1.54) is 11.6 Å². The van der Waals surface area contributed by atoms with Gasteiger partial charge in [-0.15, -0.1) is 0 Å². The van der Waals surface area contributed by atoms with Crippen LogP contribution in [0.5, 0.6) is 0 Å². The lowest BCUT2D eigenvalue weighted by Gasteiger charge is -2.13. The molecule has 0 aliphatic rings. The average molecular weight is 289 g/mol. The molecule has 0 aliphatic carbocycles. The third-order valence-corrected chi connectivity index (χ3v) is 3.48. The molecule has 1 N–H and O–H groups in total. The minimum absolute atomic E-state index is 0.304. The molecule has 2 aromatic carbocycles. The first kappa shape index (κ1) is 15.6. The van der Waals surface area contributed by atoms with Gasteiger partial charge in [0.15, 0.2) is 0 Å². The number of hydrogen-bond donors (Lipinski definition) is 1. The standard InChI is InChI=1S/C18H21F2N/c1-3-10-21-13(2)11-14-4-6-15(7-5-14)17-12-16(19)8-9-18(17)20/h4-9,12-13,21H,3,10-11H2,1-2H3. The normalized spacial score (nSPS) is 12.4. The highest BCUT2D eigenvalue weighted by Crippen LogP contribution is 2.24. The highest BCUT2D eigenvalue weighted by molar-refractivity contribution is 5.64. The van der Waals surface area contributed by atoms with E-state index in [1.807, 2.05) is 24.3 Å². The van der Waals surface area contributed by atoms with E-state index in [0.29, 0.717) is 17.2 Å². The van der Waals surface area contributed by atoms with E-state index in [2.05, 4.69) is 19.2 Å². The first-order valence-corrected chi connectivity index (χ1v) is 7.38. The molecule has 112 valence electrons. The molecule has 0 radical (unpaired) electrons. The summed E-state index contributed by atoms with van der Waals surface area (Å²) in [6.07, 6.45) is 2.04. The molecule has 2 rings (SSSR count). The summed E-state index contributed by atoms with van der Waals surface area (Å²) in [6.45, 7) is 5.30. The van der Waals surface area contributed by atoms with E-state index >= 15 is 0 Å². The van der Waals surface area contributed by atoms with Crippen LogP contribution in [-0.2, 0) is 6.42 Å². The quantitative estimate of drug-likeness (QED) is 0.822. The molecule has 1 atom stereocenters. The second-order valence-electron chi connectivity index (χ2n) is 5.38. The molecule has 1 nitrogen and oxygen atoms in total. The summed E-state index contributed by atoms with van der Waals surface area (Å²) >= 11 is 0. The first-order chi connectivity index (χ1) is 10.1. The third kappa shape index (κ3) is 4.36. The molecule has 0 spiro atoms. The Morgan fingerprint density at radius 1 is 1.05 bits per heavy atom.